The molecule has 0 N–H and O–H groups in total. The lowest BCUT2D eigenvalue weighted by Gasteiger charge is -2.48. The summed E-state index contributed by atoms with van der Waals surface area (Å²) in [6.07, 6.45) is 28.3. The zero-order chi connectivity index (χ0) is 21.1. The van der Waals surface area contributed by atoms with Crippen LogP contribution in [-0.2, 0) is 9.53 Å². The largest absolute Gasteiger partial charge is 0.463 e. The first-order valence-electron chi connectivity index (χ1n) is 13.8. The average Bonchev–Trinajstić information content (AvgIpc) is 2.81. The molecule has 0 heterocycles. The Bertz CT molecular complexity index is 428. The first-order chi connectivity index (χ1) is 14.8. The van der Waals surface area contributed by atoms with Gasteiger partial charge in [-0.25, -0.2) is 4.79 Å². The highest BCUT2D eigenvalue weighted by atomic mass is 31.2. The van der Waals surface area contributed by atoms with Crippen molar-refractivity contribution in [1.29, 1.82) is 0 Å². The fraction of sp³-hybridized carbons (Fsp3) is 0.963. The van der Waals surface area contributed by atoms with Gasteiger partial charge in [0.15, 0.2) is 6.16 Å². The van der Waals surface area contributed by atoms with Crippen molar-refractivity contribution >= 4 is 13.2 Å². The van der Waals surface area contributed by atoms with Gasteiger partial charge in [-0.15, -0.1) is 0 Å². The summed E-state index contributed by atoms with van der Waals surface area (Å²) in [5.74, 6) is 0.195. The predicted octanol–water partition coefficient (Wildman–Crippen LogP) is 8.52. The summed E-state index contributed by atoms with van der Waals surface area (Å²) < 4.78 is 5.94. The first kappa shape index (κ1) is 24.5. The zero-order valence-corrected chi connectivity index (χ0v) is 20.9. The maximum Gasteiger partial charge on any atom is 0.343 e. The van der Waals surface area contributed by atoms with Crippen LogP contribution in [0.25, 0.3) is 0 Å². The molecule has 0 unspecified atom stereocenters. The number of rotatable bonds is 11. The standard InChI is InChI=1S/C27H50O2P/c1-2-3-4-5-15-22-29-27(28)23-30(24-16-9-6-10-17-24,25-18-11-7-12-19-25)26-20-13-8-14-21-26/h24-26H,2-23H2,1H3/q+1. The zero-order valence-electron chi connectivity index (χ0n) is 20.1. The SMILES string of the molecule is CCCCCCCOC(=O)C[P+](C1CCCCC1)(C1CCCCC1)C1CCCCC1. The van der Waals surface area contributed by atoms with Crippen LogP contribution in [0.3, 0.4) is 0 Å². The van der Waals surface area contributed by atoms with Crippen molar-refractivity contribution in [2.24, 2.45) is 0 Å². The van der Waals surface area contributed by atoms with E-state index >= 15 is 0 Å². The van der Waals surface area contributed by atoms with Gasteiger partial charge in [-0.05, 0) is 83.5 Å². The lowest BCUT2D eigenvalue weighted by molar-refractivity contribution is -0.140. The first-order valence-corrected chi connectivity index (χ1v) is 16.0. The lowest BCUT2D eigenvalue weighted by Crippen LogP contribution is -2.39. The van der Waals surface area contributed by atoms with Gasteiger partial charge in [0.25, 0.3) is 0 Å². The Labute approximate surface area is 188 Å². The fourth-order valence-corrected chi connectivity index (χ4v) is 14.2. The summed E-state index contributed by atoms with van der Waals surface area (Å²) in [5.41, 5.74) is 2.65. The quantitative estimate of drug-likeness (QED) is 0.184. The minimum atomic E-state index is -1.32. The van der Waals surface area contributed by atoms with Crippen LogP contribution in [-0.4, -0.2) is 35.7 Å². The van der Waals surface area contributed by atoms with Crippen molar-refractivity contribution in [3.05, 3.63) is 0 Å². The van der Waals surface area contributed by atoms with Crippen molar-refractivity contribution in [1.82, 2.24) is 0 Å². The van der Waals surface area contributed by atoms with E-state index in [0.29, 0.717) is 6.61 Å². The van der Waals surface area contributed by atoms with Gasteiger partial charge in [-0.3, -0.25) is 0 Å². The third kappa shape index (κ3) is 6.70. The highest BCUT2D eigenvalue weighted by Crippen LogP contribution is 2.77. The maximum absolute atomic E-state index is 13.3. The van der Waals surface area contributed by atoms with E-state index in [0.717, 1.165) is 29.6 Å². The molecule has 0 amide bonds. The molecule has 3 saturated carbocycles. The van der Waals surface area contributed by atoms with Gasteiger partial charge in [0, 0.05) is 7.26 Å². The second kappa shape index (κ2) is 13.4. The van der Waals surface area contributed by atoms with Gasteiger partial charge in [0.05, 0.1) is 23.6 Å². The van der Waals surface area contributed by atoms with Crippen LogP contribution in [0.15, 0.2) is 0 Å². The van der Waals surface area contributed by atoms with Gasteiger partial charge in [0.1, 0.15) is 0 Å². The Morgan fingerprint density at radius 3 is 1.53 bits per heavy atom. The monoisotopic (exact) mass is 437 g/mol. The van der Waals surface area contributed by atoms with E-state index in [1.165, 1.54) is 122 Å². The van der Waals surface area contributed by atoms with Crippen molar-refractivity contribution in [2.75, 3.05) is 12.8 Å². The molecular formula is C27H50O2P+. The summed E-state index contributed by atoms with van der Waals surface area (Å²) >= 11 is 0. The van der Waals surface area contributed by atoms with E-state index in [-0.39, 0.29) is 5.97 Å². The second-order valence-electron chi connectivity index (χ2n) is 10.7. The summed E-state index contributed by atoms with van der Waals surface area (Å²) in [4.78, 5) is 13.3. The van der Waals surface area contributed by atoms with Crippen molar-refractivity contribution in [3.63, 3.8) is 0 Å². The summed E-state index contributed by atoms with van der Waals surface area (Å²) in [7, 11) is -1.32. The van der Waals surface area contributed by atoms with Crippen LogP contribution in [0.1, 0.15) is 135 Å². The van der Waals surface area contributed by atoms with E-state index in [1.54, 1.807) is 0 Å². The van der Waals surface area contributed by atoms with Crippen molar-refractivity contribution < 1.29 is 9.53 Å². The van der Waals surface area contributed by atoms with Gasteiger partial charge < -0.3 is 4.74 Å². The van der Waals surface area contributed by atoms with E-state index in [1.807, 2.05) is 0 Å². The van der Waals surface area contributed by atoms with E-state index in [4.69, 9.17) is 4.74 Å². The summed E-state index contributed by atoms with van der Waals surface area (Å²) in [5, 5.41) is 0. The van der Waals surface area contributed by atoms with Gasteiger partial charge in [-0.1, -0.05) is 51.9 Å². The third-order valence-corrected chi connectivity index (χ3v) is 15.1. The molecule has 0 saturated heterocycles. The molecule has 0 bridgehead atoms. The van der Waals surface area contributed by atoms with E-state index in [9.17, 15) is 4.79 Å². The van der Waals surface area contributed by atoms with Crippen LogP contribution in [0.5, 0.6) is 0 Å². The smallest absolute Gasteiger partial charge is 0.343 e. The van der Waals surface area contributed by atoms with Gasteiger partial charge >= 0.3 is 5.97 Å². The Morgan fingerprint density at radius 2 is 1.10 bits per heavy atom. The predicted molar refractivity (Wildman–Crippen MR) is 132 cm³/mol. The van der Waals surface area contributed by atoms with E-state index < -0.39 is 7.26 Å². The van der Waals surface area contributed by atoms with E-state index in [2.05, 4.69) is 6.92 Å². The molecule has 30 heavy (non-hydrogen) atoms. The number of carbonyl (C=O) groups excluding carboxylic acids is 1. The number of esters is 1. The maximum atomic E-state index is 13.3. The molecule has 0 aromatic carbocycles. The molecule has 174 valence electrons. The number of ether oxygens (including phenoxy) is 1. The number of hydrogen-bond acceptors (Lipinski definition) is 2. The molecular weight excluding hydrogens is 387 g/mol. The topological polar surface area (TPSA) is 26.3 Å². The Kier molecular flexibility index (Phi) is 11.0. The Balaban J connectivity index is 1.71. The molecule has 3 aliphatic rings. The normalized spacial score (nSPS) is 22.8. The molecule has 0 aromatic rings. The number of hydrogen-bond donors (Lipinski definition) is 0. The highest BCUT2D eigenvalue weighted by molar-refractivity contribution is 7.78. The minimum Gasteiger partial charge on any atom is -0.463 e. The van der Waals surface area contributed by atoms with Crippen LogP contribution >= 0.6 is 7.26 Å². The van der Waals surface area contributed by atoms with Crippen molar-refractivity contribution in [3.8, 4) is 0 Å². The average molecular weight is 438 g/mol. The van der Waals surface area contributed by atoms with Crippen LogP contribution < -0.4 is 0 Å². The molecule has 3 heteroatoms. The van der Waals surface area contributed by atoms with Crippen LogP contribution in [0.4, 0.5) is 0 Å². The summed E-state index contributed by atoms with van der Waals surface area (Å²) in [6, 6.07) is 0. The third-order valence-electron chi connectivity index (χ3n) is 8.68. The molecule has 0 aliphatic heterocycles. The fourth-order valence-electron chi connectivity index (χ4n) is 7.13. The lowest BCUT2D eigenvalue weighted by atomic mass is 9.99. The van der Waals surface area contributed by atoms with Crippen LogP contribution in [0.2, 0.25) is 0 Å². The Hall–Kier alpha value is -0.100. The molecule has 0 atom stereocenters. The Morgan fingerprint density at radius 1 is 0.667 bits per heavy atom. The molecule has 3 fully saturated rings. The minimum absolute atomic E-state index is 0.195. The highest BCUT2D eigenvalue weighted by Gasteiger charge is 2.58. The molecule has 3 rings (SSSR count). The molecule has 0 aromatic heterocycles. The molecule has 0 spiro atoms. The van der Waals surface area contributed by atoms with Crippen LogP contribution in [0, 0.1) is 0 Å². The molecule has 2 nitrogen and oxygen atoms in total. The number of carbonyl (C=O) groups is 1. The van der Waals surface area contributed by atoms with Crippen molar-refractivity contribution in [2.45, 2.75) is 152 Å². The second-order valence-corrected chi connectivity index (χ2v) is 15.2. The van der Waals surface area contributed by atoms with Gasteiger partial charge in [0.2, 0.25) is 0 Å². The number of unbranched alkanes of at least 4 members (excludes halogenated alkanes) is 4. The molecule has 3 aliphatic carbocycles. The molecule has 0 radical (unpaired) electrons. The summed E-state index contributed by atoms with van der Waals surface area (Å²) in [6.45, 7) is 2.92. The van der Waals surface area contributed by atoms with Gasteiger partial charge in [-0.2, -0.15) is 0 Å².